The maximum Gasteiger partial charge on any atom is 0.269 e. The van der Waals surface area contributed by atoms with E-state index in [0.29, 0.717) is 27.2 Å². The monoisotopic (exact) mass is 417 g/mol. The minimum atomic E-state index is -0.362. The van der Waals surface area contributed by atoms with E-state index in [1.165, 1.54) is 17.5 Å². The van der Waals surface area contributed by atoms with E-state index in [0.717, 1.165) is 5.57 Å². The number of nitrogens with one attached hydrogen (secondary N) is 2. The quantitative estimate of drug-likeness (QED) is 0.361. The van der Waals surface area contributed by atoms with Gasteiger partial charge >= 0.3 is 0 Å². The highest BCUT2D eigenvalue weighted by Crippen LogP contribution is 2.24. The molecule has 2 amide bonds. The summed E-state index contributed by atoms with van der Waals surface area (Å²) in [7, 11) is 1.60. The Morgan fingerprint density at radius 2 is 2.11 bits per heavy atom. The molecule has 0 saturated heterocycles. The number of allylic oxidation sites excluding steroid dienone is 1. The predicted molar refractivity (Wildman–Crippen MR) is 115 cm³/mol. The van der Waals surface area contributed by atoms with Crippen LogP contribution >= 0.6 is 22.9 Å². The van der Waals surface area contributed by atoms with E-state index < -0.39 is 0 Å². The fourth-order valence-corrected chi connectivity index (χ4v) is 3.02. The summed E-state index contributed by atoms with van der Waals surface area (Å²) in [6.07, 6.45) is 6.80. The van der Waals surface area contributed by atoms with E-state index in [2.05, 4.69) is 20.6 Å². The molecule has 146 valence electrons. The van der Waals surface area contributed by atoms with Crippen molar-refractivity contribution in [2.45, 2.75) is 13.3 Å². The smallest absolute Gasteiger partial charge is 0.269 e. The molecule has 0 atom stereocenters. The zero-order valence-corrected chi connectivity index (χ0v) is 17.0. The standard InChI is InChI=1S/C19H20ClN5O2S/c1-3-12(18(21)22-2)5-4-6-16(26)24-14-9-10-28-17(14)19(27)25-15-8-7-13(20)11-23-15/h3-5,7-11H,6H2,1-2H3,(H2,21,22)(H,24,26)(H,23,25,27)/b5-4+,12-3-. The van der Waals surface area contributed by atoms with E-state index in [4.69, 9.17) is 17.3 Å². The lowest BCUT2D eigenvalue weighted by molar-refractivity contribution is -0.115. The van der Waals surface area contributed by atoms with Crippen molar-refractivity contribution in [3.8, 4) is 0 Å². The van der Waals surface area contributed by atoms with Crippen LogP contribution in [0.2, 0.25) is 5.02 Å². The molecule has 7 nitrogen and oxygen atoms in total. The van der Waals surface area contributed by atoms with Crippen molar-refractivity contribution in [2.75, 3.05) is 17.7 Å². The molecule has 0 radical (unpaired) electrons. The zero-order valence-electron chi connectivity index (χ0n) is 15.4. The molecule has 0 aliphatic rings. The van der Waals surface area contributed by atoms with Crippen LogP contribution in [0.1, 0.15) is 23.0 Å². The number of pyridine rings is 1. The molecule has 2 aromatic rings. The van der Waals surface area contributed by atoms with Gasteiger partial charge in [0.2, 0.25) is 5.91 Å². The van der Waals surface area contributed by atoms with Crippen molar-refractivity contribution in [2.24, 2.45) is 10.7 Å². The molecule has 4 N–H and O–H groups in total. The number of aromatic nitrogens is 1. The Hall–Kier alpha value is -2.97. The number of rotatable bonds is 7. The highest BCUT2D eigenvalue weighted by Gasteiger charge is 2.15. The van der Waals surface area contributed by atoms with Gasteiger partial charge in [0.05, 0.1) is 10.7 Å². The summed E-state index contributed by atoms with van der Waals surface area (Å²) in [6.45, 7) is 1.84. The second-order valence-electron chi connectivity index (χ2n) is 5.49. The Bertz CT molecular complexity index is 932. The largest absolute Gasteiger partial charge is 0.384 e. The summed E-state index contributed by atoms with van der Waals surface area (Å²) >= 11 is 7.00. The summed E-state index contributed by atoms with van der Waals surface area (Å²) in [6, 6.07) is 4.90. The highest BCUT2D eigenvalue weighted by molar-refractivity contribution is 7.12. The molecule has 28 heavy (non-hydrogen) atoms. The fraction of sp³-hybridized carbons (Fsp3) is 0.158. The summed E-state index contributed by atoms with van der Waals surface area (Å²) < 4.78 is 0. The number of nitrogens with two attached hydrogens (primary N) is 1. The van der Waals surface area contributed by atoms with Crippen LogP contribution in [0.3, 0.4) is 0 Å². The minimum absolute atomic E-state index is 0.129. The lowest BCUT2D eigenvalue weighted by atomic mass is 10.2. The number of amides is 2. The number of carbonyl (C=O) groups is 2. The van der Waals surface area contributed by atoms with Gasteiger partial charge in [-0.1, -0.05) is 29.8 Å². The van der Waals surface area contributed by atoms with Crippen LogP contribution < -0.4 is 16.4 Å². The summed E-state index contributed by atoms with van der Waals surface area (Å²) in [5, 5.41) is 7.61. The lowest BCUT2D eigenvalue weighted by Crippen LogP contribution is -2.16. The number of amidine groups is 1. The van der Waals surface area contributed by atoms with Gasteiger partial charge in [0, 0.05) is 25.2 Å². The van der Waals surface area contributed by atoms with E-state index in [1.54, 1.807) is 42.8 Å². The molecule has 2 rings (SSSR count). The number of anilines is 2. The SMILES string of the molecule is C/C=C(/C=C/CC(=O)Nc1ccsc1C(=O)Nc1ccc(Cl)cn1)C(N)=NC. The van der Waals surface area contributed by atoms with Crippen molar-refractivity contribution in [3.05, 3.63) is 63.5 Å². The third kappa shape index (κ3) is 6.04. The third-order valence-corrected chi connectivity index (χ3v) is 4.70. The molecule has 2 aromatic heterocycles. The first-order valence-corrected chi connectivity index (χ1v) is 9.56. The van der Waals surface area contributed by atoms with Gasteiger partial charge in [-0.15, -0.1) is 11.3 Å². The number of nitrogens with zero attached hydrogens (tertiary/aromatic N) is 2. The van der Waals surface area contributed by atoms with Crippen LogP contribution in [0.15, 0.2) is 58.6 Å². The third-order valence-electron chi connectivity index (χ3n) is 3.56. The molecular formula is C19H20ClN5O2S. The van der Waals surface area contributed by atoms with E-state index >= 15 is 0 Å². The number of carbonyl (C=O) groups excluding carboxylic acids is 2. The summed E-state index contributed by atoms with van der Waals surface area (Å²) in [5.41, 5.74) is 6.93. The van der Waals surface area contributed by atoms with Gasteiger partial charge in [0.25, 0.3) is 5.91 Å². The topological polar surface area (TPSA) is 109 Å². The van der Waals surface area contributed by atoms with Gasteiger partial charge < -0.3 is 16.4 Å². The lowest BCUT2D eigenvalue weighted by Gasteiger charge is -2.07. The average molecular weight is 418 g/mol. The van der Waals surface area contributed by atoms with Crippen molar-refractivity contribution >= 4 is 52.1 Å². The predicted octanol–water partition coefficient (Wildman–Crippen LogP) is 3.87. The van der Waals surface area contributed by atoms with Crippen molar-refractivity contribution < 1.29 is 9.59 Å². The normalized spacial score (nSPS) is 12.2. The van der Waals surface area contributed by atoms with Gasteiger partial charge in [-0.2, -0.15) is 0 Å². The van der Waals surface area contributed by atoms with Crippen LogP contribution in [-0.2, 0) is 4.79 Å². The Morgan fingerprint density at radius 1 is 1.32 bits per heavy atom. The molecule has 0 aliphatic carbocycles. The molecular weight excluding hydrogens is 398 g/mol. The van der Waals surface area contributed by atoms with Crippen LogP contribution in [-0.4, -0.2) is 29.7 Å². The van der Waals surface area contributed by atoms with Crippen molar-refractivity contribution in [3.63, 3.8) is 0 Å². The van der Waals surface area contributed by atoms with Gasteiger partial charge in [0.15, 0.2) is 0 Å². The molecule has 0 bridgehead atoms. The molecule has 0 fully saturated rings. The van der Waals surface area contributed by atoms with Gasteiger partial charge in [0.1, 0.15) is 16.5 Å². The second-order valence-corrected chi connectivity index (χ2v) is 6.84. The van der Waals surface area contributed by atoms with Crippen LogP contribution in [0.5, 0.6) is 0 Å². The van der Waals surface area contributed by atoms with Gasteiger partial charge in [-0.25, -0.2) is 4.98 Å². The van der Waals surface area contributed by atoms with Crippen LogP contribution in [0, 0.1) is 0 Å². The maximum atomic E-state index is 12.4. The number of hydrogen-bond donors (Lipinski definition) is 3. The molecule has 0 aromatic carbocycles. The minimum Gasteiger partial charge on any atom is -0.384 e. The maximum absolute atomic E-state index is 12.4. The Morgan fingerprint density at radius 3 is 2.75 bits per heavy atom. The molecule has 0 saturated carbocycles. The first-order chi connectivity index (χ1) is 13.4. The first-order valence-electron chi connectivity index (χ1n) is 8.30. The van der Waals surface area contributed by atoms with Crippen LogP contribution in [0.4, 0.5) is 11.5 Å². The zero-order chi connectivity index (χ0) is 20.5. The second kappa shape index (κ2) is 10.4. The van der Waals surface area contributed by atoms with Gasteiger partial charge in [-0.3, -0.25) is 14.6 Å². The van der Waals surface area contributed by atoms with E-state index in [1.807, 2.05) is 13.0 Å². The number of thiophene rings is 1. The van der Waals surface area contributed by atoms with E-state index in [-0.39, 0.29) is 18.2 Å². The molecule has 0 unspecified atom stereocenters. The van der Waals surface area contributed by atoms with E-state index in [9.17, 15) is 9.59 Å². The van der Waals surface area contributed by atoms with Gasteiger partial charge in [-0.05, 0) is 30.5 Å². The van der Waals surface area contributed by atoms with Crippen molar-refractivity contribution in [1.29, 1.82) is 0 Å². The summed E-state index contributed by atoms with van der Waals surface area (Å²) in [4.78, 5) is 32.9. The highest BCUT2D eigenvalue weighted by atomic mass is 35.5. The fourth-order valence-electron chi connectivity index (χ4n) is 2.16. The molecule has 9 heteroatoms. The first kappa shape index (κ1) is 21.3. The Kier molecular flexibility index (Phi) is 7.91. The molecule has 2 heterocycles. The van der Waals surface area contributed by atoms with Crippen molar-refractivity contribution in [1.82, 2.24) is 4.98 Å². The molecule has 0 spiro atoms. The Balaban J connectivity index is 1.98. The van der Waals surface area contributed by atoms with Crippen LogP contribution in [0.25, 0.3) is 0 Å². The number of halogens is 1. The number of hydrogen-bond acceptors (Lipinski definition) is 5. The molecule has 0 aliphatic heterocycles. The average Bonchev–Trinajstić information content (AvgIpc) is 3.14. The Labute approximate surface area is 172 Å². The summed E-state index contributed by atoms with van der Waals surface area (Å²) in [5.74, 6) is 0.151. The number of aliphatic imine (C=N–C) groups is 1.